The van der Waals surface area contributed by atoms with Gasteiger partial charge in [-0.1, -0.05) is 75.2 Å². The molecule has 0 aromatic heterocycles. The number of hydrogen-bond acceptors (Lipinski definition) is 4. The van der Waals surface area contributed by atoms with Gasteiger partial charge in [0.25, 0.3) is 0 Å². The highest BCUT2D eigenvalue weighted by molar-refractivity contribution is 5.84. The number of rotatable bonds is 11. The SMILES string of the molecule is CCCC(CC(=O)N[C@H](CCC)C(=O)O)NC(=O)OCC1c2ccccc2-c2ccccc21. The summed E-state index contributed by atoms with van der Waals surface area (Å²) >= 11 is 0. The van der Waals surface area contributed by atoms with E-state index in [1.807, 2.05) is 38.1 Å². The molecule has 2 atom stereocenters. The monoisotopic (exact) mass is 452 g/mol. The van der Waals surface area contributed by atoms with Crippen molar-refractivity contribution in [2.24, 2.45) is 0 Å². The first kappa shape index (κ1) is 24.3. The smallest absolute Gasteiger partial charge is 0.407 e. The molecule has 3 rings (SSSR count). The molecule has 7 nitrogen and oxygen atoms in total. The van der Waals surface area contributed by atoms with Crippen molar-refractivity contribution >= 4 is 18.0 Å². The van der Waals surface area contributed by atoms with Crippen molar-refractivity contribution in [3.05, 3.63) is 59.7 Å². The maximum Gasteiger partial charge on any atom is 0.407 e. The molecule has 0 saturated heterocycles. The summed E-state index contributed by atoms with van der Waals surface area (Å²) in [5, 5.41) is 14.6. The highest BCUT2D eigenvalue weighted by Gasteiger charge is 2.29. The molecule has 2 aromatic rings. The Hall–Kier alpha value is -3.35. The number of benzene rings is 2. The Bertz CT molecular complexity index is 945. The number of carbonyl (C=O) groups excluding carboxylic acids is 2. The fourth-order valence-corrected chi connectivity index (χ4v) is 4.40. The third-order valence-corrected chi connectivity index (χ3v) is 5.95. The van der Waals surface area contributed by atoms with Crippen molar-refractivity contribution in [2.45, 2.75) is 64.0 Å². The molecule has 2 aromatic carbocycles. The molecular formula is C26H32N2O5. The number of alkyl carbamates (subject to hydrolysis) is 1. The molecule has 0 fully saturated rings. The lowest BCUT2D eigenvalue weighted by atomic mass is 9.98. The lowest BCUT2D eigenvalue weighted by Gasteiger charge is -2.20. The van der Waals surface area contributed by atoms with Gasteiger partial charge in [0.05, 0.1) is 0 Å². The molecule has 0 spiro atoms. The summed E-state index contributed by atoms with van der Waals surface area (Å²) in [6.07, 6.45) is 1.78. The lowest BCUT2D eigenvalue weighted by Crippen LogP contribution is -2.44. The van der Waals surface area contributed by atoms with Crippen LogP contribution in [0.3, 0.4) is 0 Å². The van der Waals surface area contributed by atoms with Gasteiger partial charge in [-0.25, -0.2) is 9.59 Å². The molecule has 33 heavy (non-hydrogen) atoms. The van der Waals surface area contributed by atoms with Crippen LogP contribution in [0.2, 0.25) is 0 Å². The van der Waals surface area contributed by atoms with Crippen LogP contribution in [-0.4, -0.2) is 41.8 Å². The fourth-order valence-electron chi connectivity index (χ4n) is 4.40. The zero-order valence-electron chi connectivity index (χ0n) is 19.2. The van der Waals surface area contributed by atoms with Crippen molar-refractivity contribution in [3.8, 4) is 11.1 Å². The molecule has 0 radical (unpaired) electrons. The van der Waals surface area contributed by atoms with E-state index < -0.39 is 30.1 Å². The summed E-state index contributed by atoms with van der Waals surface area (Å²) in [6.45, 7) is 4.02. The van der Waals surface area contributed by atoms with Crippen LogP contribution in [0.15, 0.2) is 48.5 Å². The highest BCUT2D eigenvalue weighted by atomic mass is 16.5. The van der Waals surface area contributed by atoms with Gasteiger partial charge in [-0.05, 0) is 35.1 Å². The number of amides is 2. The van der Waals surface area contributed by atoms with E-state index in [-0.39, 0.29) is 18.9 Å². The first-order valence-electron chi connectivity index (χ1n) is 11.6. The van der Waals surface area contributed by atoms with E-state index in [4.69, 9.17) is 4.74 Å². The predicted octanol–water partition coefficient (Wildman–Crippen LogP) is 4.45. The number of aliphatic carboxylic acids is 1. The van der Waals surface area contributed by atoms with E-state index in [1.54, 1.807) is 0 Å². The molecule has 2 amide bonds. The van der Waals surface area contributed by atoms with Crippen LogP contribution < -0.4 is 10.6 Å². The number of carbonyl (C=O) groups is 3. The molecular weight excluding hydrogens is 420 g/mol. The second kappa shape index (κ2) is 11.5. The molecule has 1 aliphatic carbocycles. The second-order valence-corrected chi connectivity index (χ2v) is 8.41. The third-order valence-electron chi connectivity index (χ3n) is 5.95. The zero-order valence-corrected chi connectivity index (χ0v) is 19.2. The first-order chi connectivity index (χ1) is 15.9. The maximum absolute atomic E-state index is 12.6. The first-order valence-corrected chi connectivity index (χ1v) is 11.6. The number of carboxylic acid groups (broad SMARTS) is 1. The standard InChI is InChI=1S/C26H32N2O5/c1-3-9-17(15-24(29)28-23(10-4-2)25(30)31)27-26(32)33-16-22-20-13-7-5-11-18(20)19-12-6-8-14-21(19)22/h5-8,11-14,17,22-23H,3-4,9-10,15-16H2,1-2H3,(H,27,32)(H,28,29)(H,30,31)/t17?,23-/m1/s1. The van der Waals surface area contributed by atoms with Gasteiger partial charge in [0.1, 0.15) is 12.6 Å². The number of fused-ring (bicyclic) bond motifs is 3. The maximum atomic E-state index is 12.6. The number of nitrogens with one attached hydrogen (secondary N) is 2. The van der Waals surface area contributed by atoms with Crippen molar-refractivity contribution in [2.75, 3.05) is 6.61 Å². The molecule has 0 aliphatic heterocycles. The van der Waals surface area contributed by atoms with Crippen molar-refractivity contribution < 1.29 is 24.2 Å². The van der Waals surface area contributed by atoms with E-state index in [0.717, 1.165) is 28.7 Å². The van der Waals surface area contributed by atoms with Gasteiger partial charge in [0.15, 0.2) is 0 Å². The molecule has 0 heterocycles. The van der Waals surface area contributed by atoms with Crippen LogP contribution in [0.1, 0.15) is 63.0 Å². The van der Waals surface area contributed by atoms with E-state index in [0.29, 0.717) is 19.3 Å². The Morgan fingerprint density at radius 1 is 0.909 bits per heavy atom. The summed E-state index contributed by atoms with van der Waals surface area (Å²) in [5.74, 6) is -1.49. The van der Waals surface area contributed by atoms with Crippen LogP contribution in [0.5, 0.6) is 0 Å². The Morgan fingerprint density at radius 3 is 2.03 bits per heavy atom. The Labute approximate surface area is 194 Å². The van der Waals surface area contributed by atoms with E-state index >= 15 is 0 Å². The number of hydrogen-bond donors (Lipinski definition) is 3. The third kappa shape index (κ3) is 6.12. The van der Waals surface area contributed by atoms with Crippen LogP contribution in [0.4, 0.5) is 4.79 Å². The molecule has 7 heteroatoms. The van der Waals surface area contributed by atoms with E-state index in [9.17, 15) is 19.5 Å². The zero-order chi connectivity index (χ0) is 23.8. The molecule has 0 saturated carbocycles. The molecule has 1 aliphatic rings. The van der Waals surface area contributed by atoms with Crippen LogP contribution >= 0.6 is 0 Å². The Balaban J connectivity index is 1.58. The van der Waals surface area contributed by atoms with Gasteiger partial charge in [-0.2, -0.15) is 0 Å². The fraction of sp³-hybridized carbons (Fsp3) is 0.423. The average molecular weight is 453 g/mol. The van der Waals surface area contributed by atoms with Crippen molar-refractivity contribution in [1.82, 2.24) is 10.6 Å². The van der Waals surface area contributed by atoms with Gasteiger partial charge in [-0.15, -0.1) is 0 Å². The van der Waals surface area contributed by atoms with Crippen molar-refractivity contribution in [3.63, 3.8) is 0 Å². The van der Waals surface area contributed by atoms with Gasteiger partial charge in [-0.3, -0.25) is 4.79 Å². The van der Waals surface area contributed by atoms with Gasteiger partial charge in [0.2, 0.25) is 5.91 Å². The summed E-state index contributed by atoms with van der Waals surface area (Å²) in [6, 6.07) is 14.9. The Kier molecular flexibility index (Phi) is 8.46. The van der Waals surface area contributed by atoms with Crippen molar-refractivity contribution in [1.29, 1.82) is 0 Å². The summed E-state index contributed by atoms with van der Waals surface area (Å²) in [5.41, 5.74) is 4.57. The van der Waals surface area contributed by atoms with Crippen LogP contribution in [0, 0.1) is 0 Å². The number of ether oxygens (including phenoxy) is 1. The van der Waals surface area contributed by atoms with Gasteiger partial charge >= 0.3 is 12.1 Å². The second-order valence-electron chi connectivity index (χ2n) is 8.41. The van der Waals surface area contributed by atoms with Gasteiger partial charge in [0, 0.05) is 18.4 Å². The van der Waals surface area contributed by atoms with E-state index in [2.05, 4.69) is 34.9 Å². The topological polar surface area (TPSA) is 105 Å². The van der Waals surface area contributed by atoms with E-state index in [1.165, 1.54) is 0 Å². The average Bonchev–Trinajstić information content (AvgIpc) is 3.11. The minimum absolute atomic E-state index is 0.00549. The minimum Gasteiger partial charge on any atom is -0.480 e. The highest BCUT2D eigenvalue weighted by Crippen LogP contribution is 2.44. The predicted molar refractivity (Wildman–Crippen MR) is 126 cm³/mol. The summed E-state index contributed by atoms with van der Waals surface area (Å²) in [4.78, 5) is 36.2. The molecule has 3 N–H and O–H groups in total. The molecule has 1 unspecified atom stereocenters. The quantitative estimate of drug-likeness (QED) is 0.467. The Morgan fingerprint density at radius 2 is 1.48 bits per heavy atom. The summed E-state index contributed by atoms with van der Waals surface area (Å²) < 4.78 is 5.58. The molecule has 176 valence electrons. The van der Waals surface area contributed by atoms with Gasteiger partial charge < -0.3 is 20.5 Å². The largest absolute Gasteiger partial charge is 0.480 e. The van der Waals surface area contributed by atoms with Crippen LogP contribution in [0.25, 0.3) is 11.1 Å². The lowest BCUT2D eigenvalue weighted by molar-refractivity contribution is -0.142. The normalized spacial score (nSPS) is 14.0. The molecule has 0 bridgehead atoms. The minimum atomic E-state index is -1.05. The van der Waals surface area contributed by atoms with Crippen LogP contribution in [-0.2, 0) is 14.3 Å². The number of carboxylic acids is 1. The summed E-state index contributed by atoms with van der Waals surface area (Å²) in [7, 11) is 0.